The molecule has 188 valence electrons. The molecule has 0 unspecified atom stereocenters. The van der Waals surface area contributed by atoms with Crippen molar-refractivity contribution in [1.82, 2.24) is 14.5 Å². The number of fused-ring (bicyclic) bond motifs is 3. The molecule has 0 atom stereocenters. The van der Waals surface area contributed by atoms with E-state index < -0.39 is 8.07 Å². The number of anilines is 1. The maximum absolute atomic E-state index is 13.0. The molecule has 1 amide bonds. The Balaban J connectivity index is 1.57. The van der Waals surface area contributed by atoms with Crippen LogP contribution in [0.25, 0.3) is 11.0 Å². The number of hydrogen-bond acceptors (Lipinski definition) is 6. The summed E-state index contributed by atoms with van der Waals surface area (Å²) in [6.45, 7) is 8.91. The molecule has 0 saturated heterocycles. The van der Waals surface area contributed by atoms with Crippen molar-refractivity contribution in [3.8, 4) is 0 Å². The number of rotatable bonds is 9. The molecule has 2 aromatic heterocycles. The third-order valence-electron chi connectivity index (χ3n) is 7.25. The smallest absolute Gasteiger partial charge is 0.258 e. The topological polar surface area (TPSA) is 69.1 Å². The summed E-state index contributed by atoms with van der Waals surface area (Å²) in [6, 6.07) is 3.59. The van der Waals surface area contributed by atoms with E-state index in [0.717, 1.165) is 55.1 Å². The zero-order valence-corrected chi connectivity index (χ0v) is 22.5. The average Bonchev–Trinajstić information content (AvgIpc) is 3.23. The van der Waals surface area contributed by atoms with E-state index >= 15 is 0 Å². The van der Waals surface area contributed by atoms with Crippen molar-refractivity contribution in [2.24, 2.45) is 5.92 Å². The van der Waals surface area contributed by atoms with Gasteiger partial charge >= 0.3 is 0 Å². The van der Waals surface area contributed by atoms with Crippen LogP contribution in [0.5, 0.6) is 0 Å². The van der Waals surface area contributed by atoms with E-state index in [1.54, 1.807) is 25.3 Å². The lowest BCUT2D eigenvalue weighted by molar-refractivity contribution is -0.144. The van der Waals surface area contributed by atoms with Crippen LogP contribution >= 0.6 is 0 Å². The van der Waals surface area contributed by atoms with Gasteiger partial charge in [-0.3, -0.25) is 4.79 Å². The summed E-state index contributed by atoms with van der Waals surface area (Å²) in [4.78, 5) is 21.9. The summed E-state index contributed by atoms with van der Waals surface area (Å²) in [7, 11) is 4.17. The van der Waals surface area contributed by atoms with Crippen molar-refractivity contribution in [1.29, 1.82) is 0 Å². The van der Waals surface area contributed by atoms with Gasteiger partial charge in [-0.15, -0.1) is 0 Å². The van der Waals surface area contributed by atoms with Crippen LogP contribution in [-0.4, -0.2) is 75.3 Å². The van der Waals surface area contributed by atoms with E-state index in [9.17, 15) is 4.79 Å². The summed E-state index contributed by atoms with van der Waals surface area (Å²) >= 11 is 0. The number of amides is 1. The molecule has 1 aliphatic heterocycles. The summed E-state index contributed by atoms with van der Waals surface area (Å²) in [5.41, 5.74) is 2.58. The van der Waals surface area contributed by atoms with Gasteiger partial charge in [-0.25, -0.2) is 4.98 Å². The standard InChI is InChI=1S/C25H40N4O4Si/c1-27-16-29(19-9-7-18(8-10-19)25(31-2)32-3)22-20-11-12-28(17-33-13-14-34(4,5)6)23(20)26-15-21(22)24(27)30/h11-12,15,18-19,25H,7-10,13-14,16-17H2,1-6H3/t18-,19-. The normalized spacial score (nSPS) is 21.6. The molecular formula is C25H40N4O4Si. The van der Waals surface area contributed by atoms with E-state index in [4.69, 9.17) is 14.2 Å². The molecule has 0 radical (unpaired) electrons. The summed E-state index contributed by atoms with van der Waals surface area (Å²) in [6.07, 6.45) is 7.80. The molecule has 1 saturated carbocycles. The molecule has 34 heavy (non-hydrogen) atoms. The monoisotopic (exact) mass is 488 g/mol. The maximum atomic E-state index is 13.0. The first-order valence-corrected chi connectivity index (χ1v) is 16.1. The van der Waals surface area contributed by atoms with Crippen LogP contribution in [0.2, 0.25) is 25.7 Å². The molecule has 1 fully saturated rings. The fourth-order valence-electron chi connectivity index (χ4n) is 5.27. The van der Waals surface area contributed by atoms with Gasteiger partial charge in [0, 0.05) is 65.7 Å². The first-order valence-electron chi connectivity index (χ1n) is 12.4. The van der Waals surface area contributed by atoms with Crippen LogP contribution in [0.4, 0.5) is 5.69 Å². The Morgan fingerprint density at radius 3 is 2.50 bits per heavy atom. The van der Waals surface area contributed by atoms with Gasteiger partial charge in [0.2, 0.25) is 0 Å². The van der Waals surface area contributed by atoms with Crippen molar-refractivity contribution < 1.29 is 19.0 Å². The van der Waals surface area contributed by atoms with Gasteiger partial charge in [-0.2, -0.15) is 0 Å². The molecule has 2 aromatic rings. The molecular weight excluding hydrogens is 448 g/mol. The maximum Gasteiger partial charge on any atom is 0.258 e. The number of methoxy groups -OCH3 is 2. The minimum Gasteiger partial charge on any atom is -0.361 e. The van der Waals surface area contributed by atoms with Crippen molar-refractivity contribution in [3.63, 3.8) is 0 Å². The van der Waals surface area contributed by atoms with E-state index in [2.05, 4.69) is 40.2 Å². The number of hydrogen-bond donors (Lipinski definition) is 0. The van der Waals surface area contributed by atoms with Crippen LogP contribution in [0.3, 0.4) is 0 Å². The third-order valence-corrected chi connectivity index (χ3v) is 8.95. The Morgan fingerprint density at radius 1 is 1.15 bits per heavy atom. The second-order valence-corrected chi connectivity index (χ2v) is 16.5. The SMILES string of the molecule is COC(OC)[C@H]1CC[C@H](N2CN(C)C(=O)c3cnc4c(ccn4COCC[Si](C)(C)C)c32)CC1. The highest BCUT2D eigenvalue weighted by Crippen LogP contribution is 2.39. The Morgan fingerprint density at radius 2 is 1.85 bits per heavy atom. The Labute approximate surface area is 204 Å². The van der Waals surface area contributed by atoms with E-state index in [1.807, 2.05) is 13.2 Å². The van der Waals surface area contributed by atoms with Crippen LogP contribution in [0.1, 0.15) is 36.0 Å². The Hall–Kier alpha value is -1.94. The lowest BCUT2D eigenvalue weighted by Gasteiger charge is -2.44. The number of carbonyl (C=O) groups is 1. The fourth-order valence-corrected chi connectivity index (χ4v) is 6.03. The predicted octanol–water partition coefficient (Wildman–Crippen LogP) is 4.38. The number of carbonyl (C=O) groups excluding carboxylic acids is 1. The zero-order chi connectivity index (χ0) is 24.5. The first-order chi connectivity index (χ1) is 16.2. The van der Waals surface area contributed by atoms with Crippen LogP contribution in [0.15, 0.2) is 18.5 Å². The van der Waals surface area contributed by atoms with Gasteiger partial charge in [0.05, 0.1) is 17.9 Å². The summed E-state index contributed by atoms with van der Waals surface area (Å²) in [5.74, 6) is 0.439. The molecule has 9 heteroatoms. The quantitative estimate of drug-likeness (QED) is 0.296. The number of ether oxygens (including phenoxy) is 3. The molecule has 2 aliphatic rings. The van der Waals surface area contributed by atoms with Crippen molar-refractivity contribution in [2.75, 3.05) is 39.4 Å². The van der Waals surface area contributed by atoms with E-state index in [-0.39, 0.29) is 12.2 Å². The van der Waals surface area contributed by atoms with Gasteiger partial charge in [0.15, 0.2) is 6.29 Å². The minimum absolute atomic E-state index is 0.0345. The van der Waals surface area contributed by atoms with Crippen molar-refractivity contribution >= 4 is 30.7 Å². The number of pyridine rings is 1. The third kappa shape index (κ3) is 5.17. The highest BCUT2D eigenvalue weighted by molar-refractivity contribution is 6.76. The molecule has 4 rings (SSSR count). The summed E-state index contributed by atoms with van der Waals surface area (Å²) in [5, 5.41) is 1.03. The van der Waals surface area contributed by atoms with Crippen molar-refractivity contribution in [3.05, 3.63) is 24.0 Å². The molecule has 1 aliphatic carbocycles. The molecule has 0 N–H and O–H groups in total. The number of aromatic nitrogens is 2. The van der Waals surface area contributed by atoms with E-state index in [0.29, 0.717) is 30.9 Å². The molecule has 0 bridgehead atoms. The second kappa shape index (κ2) is 10.4. The van der Waals surface area contributed by atoms with Gasteiger partial charge in [0.25, 0.3) is 5.91 Å². The molecule has 0 spiro atoms. The Bertz CT molecular complexity index is 993. The lowest BCUT2D eigenvalue weighted by Crippen LogP contribution is -2.50. The largest absolute Gasteiger partial charge is 0.361 e. The minimum atomic E-state index is -1.13. The average molecular weight is 489 g/mol. The van der Waals surface area contributed by atoms with Crippen LogP contribution in [0, 0.1) is 5.92 Å². The summed E-state index contributed by atoms with van der Waals surface area (Å²) < 4.78 is 19.1. The van der Waals surface area contributed by atoms with E-state index in [1.165, 1.54) is 0 Å². The van der Waals surface area contributed by atoms with Gasteiger partial charge in [0.1, 0.15) is 12.4 Å². The number of nitrogens with zero attached hydrogens (tertiary/aromatic N) is 4. The fraction of sp³-hybridized carbons (Fsp3) is 0.680. The van der Waals surface area contributed by atoms with Crippen molar-refractivity contribution in [2.45, 2.75) is 70.4 Å². The lowest BCUT2D eigenvalue weighted by atomic mass is 9.84. The first kappa shape index (κ1) is 25.2. The van der Waals surface area contributed by atoms with Crippen LogP contribution in [-0.2, 0) is 20.9 Å². The second-order valence-electron chi connectivity index (χ2n) is 10.9. The molecule has 3 heterocycles. The molecule has 0 aromatic carbocycles. The zero-order valence-electron chi connectivity index (χ0n) is 21.5. The molecule has 8 nitrogen and oxygen atoms in total. The van der Waals surface area contributed by atoms with Crippen LogP contribution < -0.4 is 4.90 Å². The Kier molecular flexibility index (Phi) is 7.66. The van der Waals surface area contributed by atoms with Gasteiger partial charge in [-0.1, -0.05) is 19.6 Å². The highest BCUT2D eigenvalue weighted by atomic mass is 28.3. The highest BCUT2D eigenvalue weighted by Gasteiger charge is 2.37. The van der Waals surface area contributed by atoms with Gasteiger partial charge in [-0.05, 0) is 37.8 Å². The predicted molar refractivity (Wildman–Crippen MR) is 137 cm³/mol. The van der Waals surface area contributed by atoms with Gasteiger partial charge < -0.3 is 28.6 Å².